The molecule has 0 atom stereocenters. The second-order valence-corrected chi connectivity index (χ2v) is 4.00. The molecule has 98 valence electrons. The minimum atomic E-state index is -0.494. The molecule has 0 N–H and O–H groups in total. The van der Waals surface area contributed by atoms with Crippen molar-refractivity contribution in [2.75, 3.05) is 28.2 Å². The molecule has 1 aromatic carbocycles. The van der Waals surface area contributed by atoms with Crippen LogP contribution < -0.4 is 9.47 Å². The lowest BCUT2D eigenvalue weighted by Crippen LogP contribution is -2.26. The first-order valence-electron chi connectivity index (χ1n) is 5.28. The number of hydrogen-bond acceptors (Lipinski definition) is 4. The maximum Gasteiger partial charge on any atom is 0.414 e. The molecule has 0 saturated carbocycles. The van der Waals surface area contributed by atoms with Crippen LogP contribution in [-0.4, -0.2) is 50.2 Å². The van der Waals surface area contributed by atoms with Gasteiger partial charge in [-0.05, 0) is 12.1 Å². The zero-order chi connectivity index (χ0) is 13.7. The maximum atomic E-state index is 11.3. The number of carbonyl (C=O) groups excluding carboxylic acids is 2. The first-order valence-corrected chi connectivity index (χ1v) is 5.28. The second kappa shape index (κ2) is 5.90. The van der Waals surface area contributed by atoms with Crippen LogP contribution in [0.15, 0.2) is 24.3 Å². The van der Waals surface area contributed by atoms with E-state index in [-0.39, 0.29) is 0 Å². The summed E-state index contributed by atoms with van der Waals surface area (Å²) in [5, 5.41) is 0. The molecule has 6 heteroatoms. The van der Waals surface area contributed by atoms with Gasteiger partial charge >= 0.3 is 12.2 Å². The quantitative estimate of drug-likeness (QED) is 0.805. The zero-order valence-electron chi connectivity index (χ0n) is 10.8. The molecule has 6 nitrogen and oxygen atoms in total. The molecule has 1 rings (SSSR count). The number of hydrogen-bond donors (Lipinski definition) is 0. The number of benzene rings is 1. The fourth-order valence-corrected chi connectivity index (χ4v) is 0.985. The first-order chi connectivity index (χ1) is 8.40. The van der Waals surface area contributed by atoms with Crippen LogP contribution in [0.5, 0.6) is 11.5 Å². The van der Waals surface area contributed by atoms with E-state index in [1.807, 2.05) is 0 Å². The van der Waals surface area contributed by atoms with E-state index in [1.165, 1.54) is 15.9 Å². The highest BCUT2D eigenvalue weighted by Crippen LogP contribution is 2.20. The van der Waals surface area contributed by atoms with Crippen molar-refractivity contribution in [1.29, 1.82) is 0 Å². The Kier molecular flexibility index (Phi) is 4.53. The van der Waals surface area contributed by atoms with Gasteiger partial charge < -0.3 is 19.3 Å². The van der Waals surface area contributed by atoms with Crippen molar-refractivity contribution in [2.45, 2.75) is 0 Å². The van der Waals surface area contributed by atoms with Crippen LogP contribution in [0.2, 0.25) is 0 Å². The summed E-state index contributed by atoms with van der Waals surface area (Å²) < 4.78 is 10.1. The maximum absolute atomic E-state index is 11.3. The lowest BCUT2D eigenvalue weighted by atomic mass is 10.3. The van der Waals surface area contributed by atoms with Crippen molar-refractivity contribution in [3.8, 4) is 11.5 Å². The molecule has 0 unspecified atom stereocenters. The molecular formula is C12H16N2O4. The average Bonchev–Trinajstić information content (AvgIpc) is 2.29. The van der Waals surface area contributed by atoms with Gasteiger partial charge in [0.05, 0.1) is 0 Å². The van der Waals surface area contributed by atoms with Gasteiger partial charge in [0.25, 0.3) is 0 Å². The number of carbonyl (C=O) groups is 2. The summed E-state index contributed by atoms with van der Waals surface area (Å²) in [5.41, 5.74) is 0. The second-order valence-electron chi connectivity index (χ2n) is 4.00. The molecule has 0 aliphatic carbocycles. The van der Waals surface area contributed by atoms with Crippen molar-refractivity contribution in [3.05, 3.63) is 24.3 Å². The highest BCUT2D eigenvalue weighted by atomic mass is 16.6. The molecule has 0 fully saturated rings. The van der Waals surface area contributed by atoms with Crippen LogP contribution in [-0.2, 0) is 0 Å². The van der Waals surface area contributed by atoms with Gasteiger partial charge in [-0.15, -0.1) is 0 Å². The van der Waals surface area contributed by atoms with Gasteiger partial charge in [0.2, 0.25) is 0 Å². The van der Waals surface area contributed by atoms with Crippen molar-refractivity contribution in [3.63, 3.8) is 0 Å². The van der Waals surface area contributed by atoms with Crippen molar-refractivity contribution in [1.82, 2.24) is 9.80 Å². The third-order valence-corrected chi connectivity index (χ3v) is 1.95. The number of ether oxygens (including phenoxy) is 2. The Morgan fingerprint density at radius 2 is 1.28 bits per heavy atom. The van der Waals surface area contributed by atoms with Gasteiger partial charge in [-0.2, -0.15) is 0 Å². The number of rotatable bonds is 2. The van der Waals surface area contributed by atoms with E-state index in [9.17, 15) is 9.59 Å². The Labute approximate surface area is 106 Å². The van der Waals surface area contributed by atoms with Crippen molar-refractivity contribution >= 4 is 12.2 Å². The van der Waals surface area contributed by atoms with Crippen molar-refractivity contribution < 1.29 is 19.1 Å². The minimum Gasteiger partial charge on any atom is -0.410 e. The first kappa shape index (κ1) is 13.8. The zero-order valence-corrected chi connectivity index (χ0v) is 10.8. The van der Waals surface area contributed by atoms with Gasteiger partial charge in [-0.1, -0.05) is 6.07 Å². The third-order valence-electron chi connectivity index (χ3n) is 1.95. The summed E-state index contributed by atoms with van der Waals surface area (Å²) >= 11 is 0. The van der Waals surface area contributed by atoms with Crippen LogP contribution in [0, 0.1) is 0 Å². The molecule has 0 saturated heterocycles. The van der Waals surface area contributed by atoms with Crippen LogP contribution >= 0.6 is 0 Å². The van der Waals surface area contributed by atoms with Gasteiger partial charge in [0.1, 0.15) is 11.5 Å². The van der Waals surface area contributed by atoms with E-state index in [0.717, 1.165) is 0 Å². The van der Waals surface area contributed by atoms with Crippen LogP contribution in [0.25, 0.3) is 0 Å². The van der Waals surface area contributed by atoms with Crippen LogP contribution in [0.4, 0.5) is 9.59 Å². The summed E-state index contributed by atoms with van der Waals surface area (Å²) in [7, 11) is 6.33. The number of nitrogens with zero attached hydrogens (tertiary/aromatic N) is 2. The summed E-state index contributed by atoms with van der Waals surface area (Å²) in [6.07, 6.45) is -0.989. The van der Waals surface area contributed by atoms with E-state index in [2.05, 4.69) is 0 Å². The minimum absolute atomic E-state index is 0.317. The van der Waals surface area contributed by atoms with Crippen LogP contribution in [0.1, 0.15) is 0 Å². The third kappa shape index (κ3) is 3.97. The SMILES string of the molecule is CN(C)C(=O)Oc1cccc(OC(=O)N(C)C)c1. The van der Waals surface area contributed by atoms with E-state index >= 15 is 0 Å². The Bertz CT molecular complexity index is 406. The van der Waals surface area contributed by atoms with Gasteiger partial charge in [-0.25, -0.2) is 9.59 Å². The van der Waals surface area contributed by atoms with E-state index in [0.29, 0.717) is 11.5 Å². The molecule has 1 aromatic rings. The van der Waals surface area contributed by atoms with Gasteiger partial charge in [-0.3, -0.25) is 0 Å². The Hall–Kier alpha value is -2.24. The summed E-state index contributed by atoms with van der Waals surface area (Å²) in [4.78, 5) is 25.3. The molecule has 0 bridgehead atoms. The van der Waals surface area contributed by atoms with Gasteiger partial charge in [0.15, 0.2) is 0 Å². The Morgan fingerprint density at radius 1 is 0.889 bits per heavy atom. The molecule has 0 radical (unpaired) electrons. The molecule has 18 heavy (non-hydrogen) atoms. The molecule has 0 heterocycles. The van der Waals surface area contributed by atoms with Crippen LogP contribution in [0.3, 0.4) is 0 Å². The summed E-state index contributed by atoms with van der Waals surface area (Å²) in [6.45, 7) is 0. The predicted octanol–water partition coefficient (Wildman–Crippen LogP) is 1.81. The molecule has 0 aromatic heterocycles. The van der Waals surface area contributed by atoms with E-state index in [4.69, 9.17) is 9.47 Å². The highest BCUT2D eigenvalue weighted by Gasteiger charge is 2.10. The topological polar surface area (TPSA) is 59.1 Å². The van der Waals surface area contributed by atoms with E-state index < -0.39 is 12.2 Å². The molecule has 2 amide bonds. The smallest absolute Gasteiger partial charge is 0.410 e. The highest BCUT2D eigenvalue weighted by molar-refractivity contribution is 5.71. The Morgan fingerprint density at radius 3 is 1.61 bits per heavy atom. The predicted molar refractivity (Wildman–Crippen MR) is 65.9 cm³/mol. The summed E-state index contributed by atoms with van der Waals surface area (Å²) in [5.74, 6) is 0.635. The monoisotopic (exact) mass is 252 g/mol. The van der Waals surface area contributed by atoms with E-state index in [1.54, 1.807) is 46.4 Å². The number of amides is 2. The molecule has 0 aliphatic rings. The fraction of sp³-hybridized carbons (Fsp3) is 0.333. The lowest BCUT2D eigenvalue weighted by molar-refractivity contribution is 0.170. The fourth-order valence-electron chi connectivity index (χ4n) is 0.985. The average molecular weight is 252 g/mol. The lowest BCUT2D eigenvalue weighted by Gasteiger charge is -2.13. The van der Waals surface area contributed by atoms with Crippen molar-refractivity contribution in [2.24, 2.45) is 0 Å². The molecular weight excluding hydrogens is 236 g/mol. The summed E-state index contributed by atoms with van der Waals surface area (Å²) in [6, 6.07) is 6.32. The normalized spacial score (nSPS) is 9.56. The standard InChI is InChI=1S/C12H16N2O4/c1-13(2)11(15)17-9-6-5-7-10(8-9)18-12(16)14(3)4/h5-8H,1-4H3. The van der Waals surface area contributed by atoms with Gasteiger partial charge in [0, 0.05) is 34.3 Å². The molecule has 0 aliphatic heterocycles. The molecule has 0 spiro atoms. The largest absolute Gasteiger partial charge is 0.414 e. The Balaban J connectivity index is 2.74.